The number of amides is 2. The van der Waals surface area contributed by atoms with Gasteiger partial charge in [0, 0.05) is 18.9 Å². The van der Waals surface area contributed by atoms with Crippen LogP contribution in [-0.4, -0.2) is 67.4 Å². The predicted molar refractivity (Wildman–Crippen MR) is 147 cm³/mol. The summed E-state index contributed by atoms with van der Waals surface area (Å²) < 4.78 is 28.5. The molecule has 0 aromatic heterocycles. The zero-order valence-electron chi connectivity index (χ0n) is 23.3. The summed E-state index contributed by atoms with van der Waals surface area (Å²) in [4.78, 5) is 41.0. The van der Waals surface area contributed by atoms with Gasteiger partial charge in [-0.25, -0.2) is 9.69 Å². The SMILES string of the molecule is COC(=O)Cc1cccc(COc2cc3c(cc2OC)C(=O)N2C=C(C)C[C@H]2[C@H](OC2CCCCO2)N3C(=O)O)c1. The van der Waals surface area contributed by atoms with Crippen LogP contribution in [0.1, 0.15) is 54.1 Å². The highest BCUT2D eigenvalue weighted by molar-refractivity contribution is 6.06. The molecule has 3 aliphatic heterocycles. The third kappa shape index (κ3) is 6.01. The van der Waals surface area contributed by atoms with Gasteiger partial charge in [0.05, 0.1) is 37.9 Å². The number of fused-ring (bicyclic) bond motifs is 2. The van der Waals surface area contributed by atoms with Gasteiger partial charge >= 0.3 is 12.1 Å². The van der Waals surface area contributed by atoms with Gasteiger partial charge in [-0.05, 0) is 49.8 Å². The smallest absolute Gasteiger partial charge is 0.414 e. The van der Waals surface area contributed by atoms with E-state index in [4.69, 9.17) is 23.7 Å². The maximum absolute atomic E-state index is 13.8. The molecule has 11 heteroatoms. The van der Waals surface area contributed by atoms with Crippen molar-refractivity contribution in [2.24, 2.45) is 0 Å². The maximum Gasteiger partial charge on any atom is 0.414 e. The summed E-state index contributed by atoms with van der Waals surface area (Å²) in [6, 6.07) is 9.76. The lowest BCUT2D eigenvalue weighted by Crippen LogP contribution is -2.53. The third-order valence-corrected chi connectivity index (χ3v) is 7.43. The summed E-state index contributed by atoms with van der Waals surface area (Å²) >= 11 is 0. The van der Waals surface area contributed by atoms with Crippen LogP contribution in [0.5, 0.6) is 11.5 Å². The van der Waals surface area contributed by atoms with Crippen LogP contribution in [0, 0.1) is 0 Å². The molecule has 41 heavy (non-hydrogen) atoms. The number of carbonyl (C=O) groups is 3. The van der Waals surface area contributed by atoms with E-state index in [0.717, 1.165) is 34.4 Å². The van der Waals surface area contributed by atoms with Crippen LogP contribution < -0.4 is 14.4 Å². The molecule has 1 saturated heterocycles. The number of ether oxygens (including phenoxy) is 5. The van der Waals surface area contributed by atoms with Gasteiger partial charge in [-0.3, -0.25) is 9.59 Å². The van der Waals surface area contributed by atoms with Crippen molar-refractivity contribution in [1.29, 1.82) is 0 Å². The molecule has 3 aliphatic rings. The lowest BCUT2D eigenvalue weighted by atomic mass is 10.1. The van der Waals surface area contributed by atoms with E-state index in [-0.39, 0.29) is 47.7 Å². The van der Waals surface area contributed by atoms with E-state index in [1.165, 1.54) is 26.4 Å². The van der Waals surface area contributed by atoms with Gasteiger partial charge in [0.1, 0.15) is 6.61 Å². The first-order valence-corrected chi connectivity index (χ1v) is 13.6. The summed E-state index contributed by atoms with van der Waals surface area (Å²) in [5.74, 6) is -0.177. The molecule has 3 heterocycles. The number of benzene rings is 2. The minimum Gasteiger partial charge on any atom is -0.493 e. The Morgan fingerprint density at radius 3 is 2.61 bits per heavy atom. The second-order valence-corrected chi connectivity index (χ2v) is 10.3. The van der Waals surface area contributed by atoms with Crippen LogP contribution in [-0.2, 0) is 32.0 Å². The summed E-state index contributed by atoms with van der Waals surface area (Å²) in [6.07, 6.45) is 1.93. The first kappa shape index (κ1) is 28.4. The summed E-state index contributed by atoms with van der Waals surface area (Å²) in [5.41, 5.74) is 2.79. The fraction of sp³-hybridized carbons (Fsp3) is 0.433. The van der Waals surface area contributed by atoms with E-state index >= 15 is 0 Å². The van der Waals surface area contributed by atoms with Gasteiger partial charge in [0.2, 0.25) is 0 Å². The molecule has 1 unspecified atom stereocenters. The van der Waals surface area contributed by atoms with Gasteiger partial charge < -0.3 is 33.7 Å². The highest BCUT2D eigenvalue weighted by Gasteiger charge is 2.47. The van der Waals surface area contributed by atoms with Crippen LogP contribution in [0.25, 0.3) is 0 Å². The normalized spacial score (nSPS) is 21.9. The molecule has 0 bridgehead atoms. The van der Waals surface area contributed by atoms with E-state index < -0.39 is 24.7 Å². The Labute approximate surface area is 238 Å². The number of rotatable bonds is 8. The Kier molecular flexibility index (Phi) is 8.46. The van der Waals surface area contributed by atoms with Gasteiger partial charge in [-0.2, -0.15) is 0 Å². The standard InChI is InChI=1S/C30H34N2O9/c1-18-11-23-29(41-27-9-4-5-10-39-27)32(30(35)36)22-15-25(24(37-2)14-21(22)28(34)31(23)16-18)40-17-20-8-6-7-19(12-20)13-26(33)38-3/h6-8,12,14-16,23,27,29H,4-5,9-11,13,17H2,1-3H3,(H,35,36)/t23-,27?,29-/m0/s1. The van der Waals surface area contributed by atoms with Crippen LogP contribution in [0.2, 0.25) is 0 Å². The average Bonchev–Trinajstić information content (AvgIpc) is 3.33. The number of hydrogen-bond donors (Lipinski definition) is 1. The number of carboxylic acid groups (broad SMARTS) is 1. The average molecular weight is 567 g/mol. The Morgan fingerprint density at radius 1 is 1.10 bits per heavy atom. The molecule has 2 aromatic carbocycles. The lowest BCUT2D eigenvalue weighted by molar-refractivity contribution is -0.194. The van der Waals surface area contributed by atoms with Gasteiger partial charge in [-0.1, -0.05) is 29.8 Å². The first-order valence-electron chi connectivity index (χ1n) is 13.6. The van der Waals surface area contributed by atoms with E-state index in [0.29, 0.717) is 19.4 Å². The minimum absolute atomic E-state index is 0.109. The molecule has 2 amide bonds. The van der Waals surface area contributed by atoms with Gasteiger partial charge in [0.15, 0.2) is 24.0 Å². The van der Waals surface area contributed by atoms with Crippen LogP contribution in [0.3, 0.4) is 0 Å². The maximum atomic E-state index is 13.8. The fourth-order valence-electron chi connectivity index (χ4n) is 5.47. The molecular weight excluding hydrogens is 532 g/mol. The zero-order valence-corrected chi connectivity index (χ0v) is 23.3. The van der Waals surface area contributed by atoms with Crippen LogP contribution in [0.4, 0.5) is 10.5 Å². The molecule has 0 radical (unpaired) electrons. The monoisotopic (exact) mass is 566 g/mol. The molecule has 5 rings (SSSR count). The second-order valence-electron chi connectivity index (χ2n) is 10.3. The molecule has 1 fully saturated rings. The Balaban J connectivity index is 1.51. The summed E-state index contributed by atoms with van der Waals surface area (Å²) in [7, 11) is 2.79. The quantitative estimate of drug-likeness (QED) is 0.461. The van der Waals surface area contributed by atoms with Crippen molar-refractivity contribution in [3.63, 3.8) is 0 Å². The van der Waals surface area contributed by atoms with Crippen LogP contribution >= 0.6 is 0 Å². The van der Waals surface area contributed by atoms with Gasteiger partial charge in [0.25, 0.3) is 5.91 Å². The molecule has 1 N–H and O–H groups in total. The molecule has 218 valence electrons. The highest BCUT2D eigenvalue weighted by atomic mass is 16.7. The Hall–Kier alpha value is -4.09. The number of nitrogens with zero attached hydrogens (tertiary/aromatic N) is 2. The highest BCUT2D eigenvalue weighted by Crippen LogP contribution is 2.43. The second kappa shape index (κ2) is 12.2. The molecule has 0 saturated carbocycles. The summed E-state index contributed by atoms with van der Waals surface area (Å²) in [5, 5.41) is 10.5. The largest absolute Gasteiger partial charge is 0.493 e. The number of carbonyl (C=O) groups excluding carboxylic acids is 2. The zero-order chi connectivity index (χ0) is 29.1. The van der Waals surface area contributed by atoms with Crippen molar-refractivity contribution < 1.29 is 43.2 Å². The van der Waals surface area contributed by atoms with E-state index in [1.54, 1.807) is 11.1 Å². The number of esters is 1. The molecule has 2 aromatic rings. The predicted octanol–water partition coefficient (Wildman–Crippen LogP) is 4.48. The van der Waals surface area contributed by atoms with Crippen molar-refractivity contribution in [3.05, 3.63) is 64.9 Å². The van der Waals surface area contributed by atoms with Crippen molar-refractivity contribution in [2.45, 2.75) is 64.2 Å². The molecule has 3 atom stereocenters. The van der Waals surface area contributed by atoms with Gasteiger partial charge in [-0.15, -0.1) is 0 Å². The summed E-state index contributed by atoms with van der Waals surface area (Å²) in [6.45, 7) is 2.54. The number of hydrogen-bond acceptors (Lipinski definition) is 8. The number of anilines is 1. The van der Waals surface area contributed by atoms with E-state index in [1.807, 2.05) is 31.2 Å². The lowest BCUT2D eigenvalue weighted by Gasteiger charge is -2.37. The molecule has 0 spiro atoms. The van der Waals surface area contributed by atoms with Crippen molar-refractivity contribution in [2.75, 3.05) is 25.7 Å². The fourth-order valence-corrected chi connectivity index (χ4v) is 5.47. The minimum atomic E-state index is -1.27. The Bertz CT molecular complexity index is 1350. The molecule has 11 nitrogen and oxygen atoms in total. The number of methoxy groups -OCH3 is 2. The Morgan fingerprint density at radius 2 is 1.90 bits per heavy atom. The van der Waals surface area contributed by atoms with Crippen LogP contribution in [0.15, 0.2) is 48.2 Å². The first-order chi connectivity index (χ1) is 19.8. The van der Waals surface area contributed by atoms with Crippen molar-refractivity contribution in [3.8, 4) is 11.5 Å². The molecular formula is C30H34N2O9. The third-order valence-electron chi connectivity index (χ3n) is 7.43. The van der Waals surface area contributed by atoms with E-state index in [2.05, 4.69) is 0 Å². The topological polar surface area (TPSA) is 124 Å². The van der Waals surface area contributed by atoms with Crippen molar-refractivity contribution in [1.82, 2.24) is 4.90 Å². The molecule has 0 aliphatic carbocycles. The van der Waals surface area contributed by atoms with E-state index in [9.17, 15) is 19.5 Å². The van der Waals surface area contributed by atoms with Crippen molar-refractivity contribution >= 4 is 23.7 Å².